The van der Waals surface area contributed by atoms with Crippen LogP contribution in [-0.2, 0) is 0 Å². The Kier molecular flexibility index (Phi) is 5.47. The van der Waals surface area contributed by atoms with E-state index in [0.29, 0.717) is 0 Å². The van der Waals surface area contributed by atoms with E-state index in [4.69, 9.17) is 4.74 Å². The molecule has 0 atom stereocenters. The third kappa shape index (κ3) is 4.14. The number of ether oxygens (including phenoxy) is 1. The van der Waals surface area contributed by atoms with E-state index < -0.39 is 0 Å². The van der Waals surface area contributed by atoms with Gasteiger partial charge in [0.1, 0.15) is 5.75 Å². The number of rotatable bonds is 6. The maximum absolute atomic E-state index is 5.69. The van der Waals surface area contributed by atoms with E-state index in [1.165, 1.54) is 22.3 Å². The van der Waals surface area contributed by atoms with Gasteiger partial charge in [-0.15, -0.1) is 0 Å². The van der Waals surface area contributed by atoms with Gasteiger partial charge in [-0.05, 0) is 46.9 Å². The van der Waals surface area contributed by atoms with Gasteiger partial charge in [-0.25, -0.2) is 0 Å². The largest absolute Gasteiger partial charge is 0.494 e. The second-order valence-electron chi connectivity index (χ2n) is 5.71. The lowest BCUT2D eigenvalue weighted by atomic mass is 9.95. The van der Waals surface area contributed by atoms with Crippen LogP contribution in [-0.4, -0.2) is 6.61 Å². The summed E-state index contributed by atoms with van der Waals surface area (Å²) >= 11 is 0. The molecule has 0 aromatic heterocycles. The van der Waals surface area contributed by atoms with Crippen LogP contribution in [0.4, 0.5) is 0 Å². The Morgan fingerprint density at radius 2 is 1.33 bits per heavy atom. The van der Waals surface area contributed by atoms with Gasteiger partial charge in [0.25, 0.3) is 0 Å². The van der Waals surface area contributed by atoms with Crippen LogP contribution >= 0.6 is 0 Å². The SMILES string of the molecule is CCCOc1ccc(C(=Cc2ccccc2)c2ccccc2)cc1. The Morgan fingerprint density at radius 3 is 1.96 bits per heavy atom. The van der Waals surface area contributed by atoms with Crippen molar-refractivity contribution in [3.8, 4) is 5.75 Å². The third-order valence-electron chi connectivity index (χ3n) is 3.83. The second-order valence-corrected chi connectivity index (χ2v) is 5.71. The summed E-state index contributed by atoms with van der Waals surface area (Å²) in [5.41, 5.74) is 4.81. The fourth-order valence-corrected chi connectivity index (χ4v) is 2.62. The molecule has 0 unspecified atom stereocenters. The smallest absolute Gasteiger partial charge is 0.119 e. The zero-order valence-electron chi connectivity index (χ0n) is 14.0. The van der Waals surface area contributed by atoms with Crippen molar-refractivity contribution < 1.29 is 4.74 Å². The molecule has 1 nitrogen and oxygen atoms in total. The van der Waals surface area contributed by atoms with Crippen molar-refractivity contribution in [1.29, 1.82) is 0 Å². The van der Waals surface area contributed by atoms with Crippen LogP contribution in [0.3, 0.4) is 0 Å². The van der Waals surface area contributed by atoms with Crippen molar-refractivity contribution in [3.63, 3.8) is 0 Å². The molecule has 0 saturated heterocycles. The summed E-state index contributed by atoms with van der Waals surface area (Å²) in [5, 5.41) is 0. The lowest BCUT2D eigenvalue weighted by Crippen LogP contribution is -1.95. The molecule has 0 amide bonds. The molecule has 0 bridgehead atoms. The maximum atomic E-state index is 5.69. The molecule has 0 radical (unpaired) electrons. The fraction of sp³-hybridized carbons (Fsp3) is 0.130. The van der Waals surface area contributed by atoms with Gasteiger partial charge in [0.15, 0.2) is 0 Å². The molecular formula is C23H22O. The van der Waals surface area contributed by atoms with E-state index in [9.17, 15) is 0 Å². The van der Waals surface area contributed by atoms with Crippen LogP contribution in [0, 0.1) is 0 Å². The Morgan fingerprint density at radius 1 is 0.750 bits per heavy atom. The highest BCUT2D eigenvalue weighted by Crippen LogP contribution is 2.27. The van der Waals surface area contributed by atoms with Gasteiger partial charge in [0.05, 0.1) is 6.61 Å². The zero-order chi connectivity index (χ0) is 16.6. The lowest BCUT2D eigenvalue weighted by molar-refractivity contribution is 0.317. The molecule has 0 fully saturated rings. The van der Waals surface area contributed by atoms with Gasteiger partial charge in [-0.1, -0.05) is 79.7 Å². The first-order valence-corrected chi connectivity index (χ1v) is 8.42. The minimum absolute atomic E-state index is 0.755. The molecule has 0 heterocycles. The number of benzene rings is 3. The zero-order valence-corrected chi connectivity index (χ0v) is 14.0. The summed E-state index contributed by atoms with van der Waals surface area (Å²) in [5.74, 6) is 0.924. The van der Waals surface area contributed by atoms with Crippen molar-refractivity contribution in [1.82, 2.24) is 0 Å². The van der Waals surface area contributed by atoms with Crippen LogP contribution in [0.1, 0.15) is 30.0 Å². The summed E-state index contributed by atoms with van der Waals surface area (Å²) in [6.45, 7) is 2.87. The van der Waals surface area contributed by atoms with E-state index in [2.05, 4.69) is 73.7 Å². The molecule has 3 aromatic rings. The molecule has 3 aromatic carbocycles. The average molecular weight is 314 g/mol. The molecule has 0 N–H and O–H groups in total. The molecule has 0 aliphatic rings. The molecule has 24 heavy (non-hydrogen) atoms. The Hall–Kier alpha value is -2.80. The average Bonchev–Trinajstić information content (AvgIpc) is 2.66. The predicted octanol–water partition coefficient (Wildman–Crippen LogP) is 6.06. The number of hydrogen-bond acceptors (Lipinski definition) is 1. The highest BCUT2D eigenvalue weighted by atomic mass is 16.5. The molecule has 0 saturated carbocycles. The van der Waals surface area contributed by atoms with Gasteiger partial charge in [0, 0.05) is 0 Å². The summed E-state index contributed by atoms with van der Waals surface area (Å²) < 4.78 is 5.69. The van der Waals surface area contributed by atoms with Crippen LogP contribution in [0.5, 0.6) is 5.75 Å². The highest BCUT2D eigenvalue weighted by molar-refractivity contribution is 5.91. The third-order valence-corrected chi connectivity index (χ3v) is 3.83. The van der Waals surface area contributed by atoms with Crippen molar-refractivity contribution in [2.75, 3.05) is 6.61 Å². The first-order valence-electron chi connectivity index (χ1n) is 8.42. The molecule has 1 heteroatoms. The fourth-order valence-electron chi connectivity index (χ4n) is 2.62. The summed E-state index contributed by atoms with van der Waals surface area (Å²) in [6, 6.07) is 29.3. The normalized spacial score (nSPS) is 11.3. The second kappa shape index (κ2) is 8.16. The van der Waals surface area contributed by atoms with E-state index in [-0.39, 0.29) is 0 Å². The van der Waals surface area contributed by atoms with E-state index in [1.54, 1.807) is 0 Å². The number of hydrogen-bond donors (Lipinski definition) is 0. The minimum Gasteiger partial charge on any atom is -0.494 e. The predicted molar refractivity (Wildman–Crippen MR) is 102 cm³/mol. The summed E-state index contributed by atoms with van der Waals surface area (Å²) in [4.78, 5) is 0. The molecular weight excluding hydrogens is 292 g/mol. The van der Waals surface area contributed by atoms with E-state index >= 15 is 0 Å². The van der Waals surface area contributed by atoms with Gasteiger partial charge in [-0.3, -0.25) is 0 Å². The van der Waals surface area contributed by atoms with Crippen LogP contribution in [0.2, 0.25) is 0 Å². The van der Waals surface area contributed by atoms with Gasteiger partial charge >= 0.3 is 0 Å². The van der Waals surface area contributed by atoms with Gasteiger partial charge < -0.3 is 4.74 Å². The molecule has 0 aliphatic heterocycles. The first kappa shape index (κ1) is 16.1. The first-order chi connectivity index (χ1) is 11.9. The van der Waals surface area contributed by atoms with Crippen LogP contribution in [0.25, 0.3) is 11.6 Å². The van der Waals surface area contributed by atoms with Crippen LogP contribution < -0.4 is 4.74 Å². The lowest BCUT2D eigenvalue weighted by Gasteiger charge is -2.11. The quantitative estimate of drug-likeness (QED) is 0.502. The molecule has 120 valence electrons. The molecule has 0 aliphatic carbocycles. The summed E-state index contributed by atoms with van der Waals surface area (Å²) in [7, 11) is 0. The van der Waals surface area contributed by atoms with Crippen molar-refractivity contribution in [2.24, 2.45) is 0 Å². The summed E-state index contributed by atoms with van der Waals surface area (Å²) in [6.07, 6.45) is 3.25. The van der Waals surface area contributed by atoms with Crippen molar-refractivity contribution in [2.45, 2.75) is 13.3 Å². The Labute approximate surface area is 144 Å². The maximum Gasteiger partial charge on any atom is 0.119 e. The molecule has 0 spiro atoms. The standard InChI is InChI=1S/C23H22O/c1-2-17-24-22-15-13-21(14-16-22)23(20-11-7-4-8-12-20)18-19-9-5-3-6-10-19/h3-16,18H,2,17H2,1H3. The van der Waals surface area contributed by atoms with Gasteiger partial charge in [0.2, 0.25) is 0 Å². The Balaban J connectivity index is 1.97. The molecule has 3 rings (SSSR count). The topological polar surface area (TPSA) is 9.23 Å². The highest BCUT2D eigenvalue weighted by Gasteiger charge is 2.06. The minimum atomic E-state index is 0.755. The monoisotopic (exact) mass is 314 g/mol. The van der Waals surface area contributed by atoms with Gasteiger partial charge in [-0.2, -0.15) is 0 Å². The van der Waals surface area contributed by atoms with E-state index in [1.807, 2.05) is 24.3 Å². The van der Waals surface area contributed by atoms with Crippen molar-refractivity contribution >= 4 is 11.6 Å². The van der Waals surface area contributed by atoms with E-state index in [0.717, 1.165) is 18.8 Å². The Bertz CT molecular complexity index is 771. The van der Waals surface area contributed by atoms with Crippen molar-refractivity contribution in [3.05, 3.63) is 102 Å². The van der Waals surface area contributed by atoms with Crippen LogP contribution in [0.15, 0.2) is 84.9 Å².